The van der Waals surface area contributed by atoms with Crippen molar-refractivity contribution in [2.45, 2.75) is 23.2 Å². The first-order valence-electron chi connectivity index (χ1n) is 9.37. The molecule has 0 aromatic heterocycles. The van der Waals surface area contributed by atoms with Gasteiger partial charge in [-0.05, 0) is 36.6 Å². The Bertz CT molecular complexity index is 1050. The SMILES string of the molecule is CN(C)S(=O)(=O)c1cc(C(=O)OCC(=O)NCC2(c3ccccc3)CC2)ccc1Cl. The molecular formula is C21H23ClN2O5S. The van der Waals surface area contributed by atoms with E-state index in [4.69, 9.17) is 16.3 Å². The van der Waals surface area contributed by atoms with Crippen molar-refractivity contribution in [1.82, 2.24) is 9.62 Å². The van der Waals surface area contributed by atoms with Gasteiger partial charge in [0.2, 0.25) is 10.0 Å². The Morgan fingerprint density at radius 1 is 1.13 bits per heavy atom. The average molecular weight is 451 g/mol. The van der Waals surface area contributed by atoms with E-state index in [9.17, 15) is 18.0 Å². The summed E-state index contributed by atoms with van der Waals surface area (Å²) in [6.45, 7) is 0.0155. The van der Waals surface area contributed by atoms with E-state index in [0.29, 0.717) is 6.54 Å². The van der Waals surface area contributed by atoms with Gasteiger partial charge in [0.05, 0.1) is 10.6 Å². The topological polar surface area (TPSA) is 92.8 Å². The van der Waals surface area contributed by atoms with Crippen LogP contribution in [-0.4, -0.2) is 51.8 Å². The smallest absolute Gasteiger partial charge is 0.338 e. The van der Waals surface area contributed by atoms with Crippen LogP contribution in [0.4, 0.5) is 0 Å². The molecule has 2 aromatic rings. The summed E-state index contributed by atoms with van der Waals surface area (Å²) in [5, 5.41) is 2.80. The van der Waals surface area contributed by atoms with E-state index >= 15 is 0 Å². The fourth-order valence-electron chi connectivity index (χ4n) is 3.07. The molecule has 30 heavy (non-hydrogen) atoms. The molecule has 0 radical (unpaired) electrons. The highest BCUT2D eigenvalue weighted by Crippen LogP contribution is 2.47. The quantitative estimate of drug-likeness (QED) is 0.624. The maximum absolute atomic E-state index is 12.3. The van der Waals surface area contributed by atoms with Crippen LogP contribution in [0.25, 0.3) is 0 Å². The Labute approximate surface area is 181 Å². The third-order valence-electron chi connectivity index (χ3n) is 5.12. The van der Waals surface area contributed by atoms with Crippen molar-refractivity contribution in [3.63, 3.8) is 0 Å². The second kappa shape index (κ2) is 8.75. The van der Waals surface area contributed by atoms with E-state index < -0.39 is 28.5 Å². The molecule has 0 atom stereocenters. The fraction of sp³-hybridized carbons (Fsp3) is 0.333. The van der Waals surface area contributed by atoms with Crippen LogP contribution in [0.15, 0.2) is 53.4 Å². The van der Waals surface area contributed by atoms with Gasteiger partial charge in [-0.1, -0.05) is 41.9 Å². The van der Waals surface area contributed by atoms with E-state index in [1.54, 1.807) is 0 Å². The van der Waals surface area contributed by atoms with Crippen LogP contribution >= 0.6 is 11.6 Å². The lowest BCUT2D eigenvalue weighted by Crippen LogP contribution is -2.35. The molecular weight excluding hydrogens is 428 g/mol. The normalized spacial score (nSPS) is 14.9. The standard InChI is InChI=1S/C21H23ClN2O5S/c1-24(2)30(27,28)18-12-15(8-9-17(18)22)20(26)29-13-19(25)23-14-21(10-11-21)16-6-4-3-5-7-16/h3-9,12H,10-11,13-14H2,1-2H3,(H,23,25). The lowest BCUT2D eigenvalue weighted by atomic mass is 9.96. The Balaban J connectivity index is 1.58. The van der Waals surface area contributed by atoms with Crippen molar-refractivity contribution < 1.29 is 22.7 Å². The number of nitrogens with zero attached hydrogens (tertiary/aromatic N) is 1. The van der Waals surface area contributed by atoms with Gasteiger partial charge in [0.15, 0.2) is 6.61 Å². The number of benzene rings is 2. The van der Waals surface area contributed by atoms with E-state index in [-0.39, 0.29) is 20.9 Å². The van der Waals surface area contributed by atoms with Crippen molar-refractivity contribution in [3.8, 4) is 0 Å². The van der Waals surface area contributed by atoms with Gasteiger partial charge in [0, 0.05) is 26.1 Å². The van der Waals surface area contributed by atoms with Crippen molar-refractivity contribution in [2.75, 3.05) is 27.2 Å². The summed E-state index contributed by atoms with van der Waals surface area (Å²) < 4.78 is 30.7. The van der Waals surface area contributed by atoms with Crippen LogP contribution in [0.1, 0.15) is 28.8 Å². The number of ether oxygens (including phenoxy) is 1. The van der Waals surface area contributed by atoms with E-state index in [2.05, 4.69) is 5.32 Å². The molecule has 0 bridgehead atoms. The maximum atomic E-state index is 12.3. The number of carbonyl (C=O) groups excluding carboxylic acids is 2. The van der Waals surface area contributed by atoms with Gasteiger partial charge in [-0.15, -0.1) is 0 Å². The van der Waals surface area contributed by atoms with Crippen molar-refractivity contribution >= 4 is 33.5 Å². The summed E-state index contributed by atoms with van der Waals surface area (Å²) in [5.74, 6) is -1.22. The summed E-state index contributed by atoms with van der Waals surface area (Å²) in [7, 11) is -1.10. The highest BCUT2D eigenvalue weighted by atomic mass is 35.5. The molecule has 1 aliphatic rings. The van der Waals surface area contributed by atoms with Gasteiger partial charge < -0.3 is 10.1 Å². The van der Waals surface area contributed by atoms with Gasteiger partial charge in [0.1, 0.15) is 4.90 Å². The minimum Gasteiger partial charge on any atom is -0.452 e. The number of sulfonamides is 1. The number of carbonyl (C=O) groups is 2. The first kappa shape index (κ1) is 22.3. The molecule has 9 heteroatoms. The summed E-state index contributed by atoms with van der Waals surface area (Å²) in [6.07, 6.45) is 1.98. The lowest BCUT2D eigenvalue weighted by Gasteiger charge is -2.16. The summed E-state index contributed by atoms with van der Waals surface area (Å²) >= 11 is 5.98. The maximum Gasteiger partial charge on any atom is 0.338 e. The Morgan fingerprint density at radius 2 is 1.80 bits per heavy atom. The summed E-state index contributed by atoms with van der Waals surface area (Å²) in [6, 6.07) is 13.8. The second-order valence-corrected chi connectivity index (χ2v) is 9.96. The molecule has 0 heterocycles. The minimum absolute atomic E-state index is 0.00410. The molecule has 0 aliphatic heterocycles. The fourth-order valence-corrected chi connectivity index (χ4v) is 4.46. The Morgan fingerprint density at radius 3 is 2.40 bits per heavy atom. The van der Waals surface area contributed by atoms with Crippen molar-refractivity contribution in [1.29, 1.82) is 0 Å². The van der Waals surface area contributed by atoms with Gasteiger partial charge in [-0.2, -0.15) is 0 Å². The van der Waals surface area contributed by atoms with E-state index in [1.165, 1.54) is 31.8 Å². The zero-order valence-electron chi connectivity index (χ0n) is 16.7. The monoisotopic (exact) mass is 450 g/mol. The predicted molar refractivity (Wildman–Crippen MR) is 113 cm³/mol. The molecule has 1 saturated carbocycles. The lowest BCUT2D eigenvalue weighted by molar-refractivity contribution is -0.124. The summed E-state index contributed by atoms with van der Waals surface area (Å²) in [4.78, 5) is 24.2. The van der Waals surface area contributed by atoms with Gasteiger partial charge in [-0.3, -0.25) is 4.79 Å². The van der Waals surface area contributed by atoms with Crippen LogP contribution < -0.4 is 5.32 Å². The third-order valence-corrected chi connectivity index (χ3v) is 7.42. The summed E-state index contributed by atoms with van der Waals surface area (Å²) in [5.41, 5.74) is 1.13. The highest BCUT2D eigenvalue weighted by molar-refractivity contribution is 7.89. The predicted octanol–water partition coefficient (Wildman–Crippen LogP) is 2.60. The minimum atomic E-state index is -3.82. The van der Waals surface area contributed by atoms with Crippen LogP contribution in [0, 0.1) is 0 Å². The molecule has 160 valence electrons. The molecule has 1 aliphatic carbocycles. The van der Waals surface area contributed by atoms with E-state index in [0.717, 1.165) is 23.2 Å². The van der Waals surface area contributed by atoms with Crippen molar-refractivity contribution in [3.05, 3.63) is 64.7 Å². The number of halogens is 1. The largest absolute Gasteiger partial charge is 0.452 e. The Kier molecular flexibility index (Phi) is 6.50. The second-order valence-electron chi connectivity index (χ2n) is 7.43. The first-order chi connectivity index (χ1) is 14.2. The molecule has 0 spiro atoms. The first-order valence-corrected chi connectivity index (χ1v) is 11.2. The van der Waals surface area contributed by atoms with Crippen LogP contribution in [0.3, 0.4) is 0 Å². The van der Waals surface area contributed by atoms with Gasteiger partial charge in [0.25, 0.3) is 5.91 Å². The number of esters is 1. The molecule has 1 N–H and O–H groups in total. The molecule has 0 unspecified atom stereocenters. The van der Waals surface area contributed by atoms with Crippen LogP contribution in [-0.2, 0) is 25.0 Å². The molecule has 3 rings (SSSR count). The number of hydrogen-bond acceptors (Lipinski definition) is 5. The number of amides is 1. The zero-order valence-corrected chi connectivity index (χ0v) is 18.3. The molecule has 2 aromatic carbocycles. The van der Waals surface area contributed by atoms with Gasteiger partial charge in [-0.25, -0.2) is 17.5 Å². The number of hydrogen-bond donors (Lipinski definition) is 1. The third kappa shape index (κ3) is 4.83. The molecule has 1 amide bonds. The molecule has 0 saturated heterocycles. The zero-order chi connectivity index (χ0) is 21.9. The molecule has 1 fully saturated rings. The molecule has 7 nitrogen and oxygen atoms in total. The average Bonchev–Trinajstić information content (AvgIpc) is 3.52. The Hall–Kier alpha value is -2.42. The number of nitrogens with one attached hydrogen (secondary N) is 1. The highest BCUT2D eigenvalue weighted by Gasteiger charge is 2.44. The van der Waals surface area contributed by atoms with Gasteiger partial charge >= 0.3 is 5.97 Å². The van der Waals surface area contributed by atoms with E-state index in [1.807, 2.05) is 30.3 Å². The van der Waals surface area contributed by atoms with Crippen LogP contribution in [0.2, 0.25) is 5.02 Å². The van der Waals surface area contributed by atoms with Crippen LogP contribution in [0.5, 0.6) is 0 Å². The van der Waals surface area contributed by atoms with Crippen molar-refractivity contribution in [2.24, 2.45) is 0 Å². The number of rotatable bonds is 8.